The van der Waals surface area contributed by atoms with E-state index in [4.69, 9.17) is 15.2 Å². The normalized spacial score (nSPS) is 10.8. The van der Waals surface area contributed by atoms with Crippen molar-refractivity contribution < 1.29 is 14.3 Å². The molecule has 0 aliphatic rings. The van der Waals surface area contributed by atoms with Gasteiger partial charge in [0.05, 0.1) is 12.7 Å². The number of hydrogen-bond acceptors (Lipinski definition) is 5. The quantitative estimate of drug-likeness (QED) is 0.653. The molecule has 0 saturated carbocycles. The molecule has 3 N–H and O–H groups in total. The molecule has 0 saturated heterocycles. The number of nitrogen functional groups attached to an aromatic ring is 1. The predicted octanol–water partition coefficient (Wildman–Crippen LogP) is -0.649. The summed E-state index contributed by atoms with van der Waals surface area (Å²) in [5.41, 5.74) is 5.99. The van der Waals surface area contributed by atoms with Crippen LogP contribution in [0.15, 0.2) is 6.20 Å². The van der Waals surface area contributed by atoms with E-state index in [0.717, 1.165) is 0 Å². The lowest BCUT2D eigenvalue weighted by molar-refractivity contribution is -0.0974. The Labute approximate surface area is 93.5 Å². The molecule has 0 radical (unpaired) electrons. The standard InChI is InChI=1S/C9H16N4O3/c1-13-8(10)6(4-12-13)9(14)11-5-7(15-2)16-3/h4,7H,5,10H2,1-3H3,(H,11,14). The number of carbonyl (C=O) groups is 1. The first-order chi connectivity index (χ1) is 7.60. The molecule has 0 unspecified atom stereocenters. The van der Waals surface area contributed by atoms with E-state index in [2.05, 4.69) is 10.4 Å². The molecular formula is C9H16N4O3. The zero-order chi connectivity index (χ0) is 12.1. The maximum absolute atomic E-state index is 11.7. The second-order valence-electron chi connectivity index (χ2n) is 3.18. The van der Waals surface area contributed by atoms with Crippen molar-refractivity contribution in [3.63, 3.8) is 0 Å². The van der Waals surface area contributed by atoms with Gasteiger partial charge in [0.2, 0.25) is 0 Å². The first kappa shape index (κ1) is 12.5. The summed E-state index contributed by atoms with van der Waals surface area (Å²) in [5.74, 6) is 0.0218. The van der Waals surface area contributed by atoms with Crippen molar-refractivity contribution in [2.75, 3.05) is 26.5 Å². The minimum atomic E-state index is -0.471. The molecule has 0 aliphatic heterocycles. The average Bonchev–Trinajstić information content (AvgIpc) is 2.61. The van der Waals surface area contributed by atoms with Gasteiger partial charge in [-0.2, -0.15) is 5.10 Å². The molecule has 0 aliphatic carbocycles. The van der Waals surface area contributed by atoms with Crippen LogP contribution in [-0.4, -0.2) is 42.7 Å². The highest BCUT2D eigenvalue weighted by atomic mass is 16.7. The van der Waals surface area contributed by atoms with Crippen LogP contribution < -0.4 is 11.1 Å². The van der Waals surface area contributed by atoms with Crippen molar-refractivity contribution in [2.24, 2.45) is 7.05 Å². The number of aromatic nitrogens is 2. The number of anilines is 1. The number of nitrogens with one attached hydrogen (secondary N) is 1. The van der Waals surface area contributed by atoms with Gasteiger partial charge in [0.25, 0.3) is 5.91 Å². The van der Waals surface area contributed by atoms with Crippen LogP contribution in [0.2, 0.25) is 0 Å². The molecule has 1 heterocycles. The summed E-state index contributed by atoms with van der Waals surface area (Å²) in [6.45, 7) is 0.250. The summed E-state index contributed by atoms with van der Waals surface area (Å²) in [5, 5.41) is 6.51. The van der Waals surface area contributed by atoms with Gasteiger partial charge in [-0.25, -0.2) is 0 Å². The average molecular weight is 228 g/mol. The summed E-state index contributed by atoms with van der Waals surface area (Å²) in [6.07, 6.45) is 0.945. The molecule has 1 amide bonds. The molecule has 7 heteroatoms. The lowest BCUT2D eigenvalue weighted by Crippen LogP contribution is -2.34. The van der Waals surface area contributed by atoms with Crippen molar-refractivity contribution in [1.29, 1.82) is 0 Å². The highest BCUT2D eigenvalue weighted by Crippen LogP contribution is 2.08. The predicted molar refractivity (Wildman–Crippen MR) is 57.8 cm³/mol. The Kier molecular flexibility index (Phi) is 4.27. The van der Waals surface area contributed by atoms with Gasteiger partial charge < -0.3 is 20.5 Å². The summed E-state index contributed by atoms with van der Waals surface area (Å²) in [4.78, 5) is 11.7. The molecule has 0 fully saturated rings. The van der Waals surface area contributed by atoms with Crippen LogP contribution in [-0.2, 0) is 16.5 Å². The number of amides is 1. The zero-order valence-corrected chi connectivity index (χ0v) is 9.56. The molecule has 1 aromatic heterocycles. The molecule has 0 bridgehead atoms. The van der Waals surface area contributed by atoms with Crippen LogP contribution in [0.5, 0.6) is 0 Å². The van der Waals surface area contributed by atoms with Gasteiger partial charge >= 0.3 is 0 Å². The molecule has 0 aromatic carbocycles. The Morgan fingerprint density at radius 1 is 1.62 bits per heavy atom. The van der Waals surface area contributed by atoms with Gasteiger partial charge in [-0.3, -0.25) is 9.48 Å². The third kappa shape index (κ3) is 2.71. The van der Waals surface area contributed by atoms with E-state index in [1.54, 1.807) is 7.05 Å². The first-order valence-corrected chi connectivity index (χ1v) is 4.71. The number of methoxy groups -OCH3 is 2. The lowest BCUT2D eigenvalue weighted by Gasteiger charge is -2.13. The van der Waals surface area contributed by atoms with Gasteiger partial charge in [-0.15, -0.1) is 0 Å². The summed E-state index contributed by atoms with van der Waals surface area (Å²) in [7, 11) is 4.66. The van der Waals surface area contributed by atoms with Gasteiger partial charge in [0.15, 0.2) is 6.29 Å². The summed E-state index contributed by atoms with van der Waals surface area (Å²) < 4.78 is 11.3. The van der Waals surface area contributed by atoms with E-state index >= 15 is 0 Å². The lowest BCUT2D eigenvalue weighted by atomic mass is 10.3. The summed E-state index contributed by atoms with van der Waals surface area (Å²) in [6, 6.07) is 0. The Morgan fingerprint density at radius 3 is 2.69 bits per heavy atom. The van der Waals surface area contributed by atoms with Crippen LogP contribution in [0.25, 0.3) is 0 Å². The van der Waals surface area contributed by atoms with E-state index in [1.807, 2.05) is 0 Å². The van der Waals surface area contributed by atoms with Crippen molar-refractivity contribution in [2.45, 2.75) is 6.29 Å². The fourth-order valence-electron chi connectivity index (χ4n) is 1.16. The van der Waals surface area contributed by atoms with E-state index in [9.17, 15) is 4.79 Å². The van der Waals surface area contributed by atoms with Gasteiger partial charge in [0, 0.05) is 21.3 Å². The van der Waals surface area contributed by atoms with Crippen LogP contribution >= 0.6 is 0 Å². The minimum absolute atomic E-state index is 0.250. The van der Waals surface area contributed by atoms with Gasteiger partial charge in [-0.1, -0.05) is 0 Å². The van der Waals surface area contributed by atoms with Crippen LogP contribution in [0.3, 0.4) is 0 Å². The third-order valence-electron chi connectivity index (χ3n) is 2.18. The third-order valence-corrected chi connectivity index (χ3v) is 2.18. The first-order valence-electron chi connectivity index (χ1n) is 4.71. The van der Waals surface area contributed by atoms with Crippen molar-refractivity contribution in [1.82, 2.24) is 15.1 Å². The molecule has 7 nitrogen and oxygen atoms in total. The highest BCUT2D eigenvalue weighted by Gasteiger charge is 2.14. The Morgan fingerprint density at radius 2 is 2.25 bits per heavy atom. The van der Waals surface area contributed by atoms with E-state index in [-0.39, 0.29) is 12.5 Å². The highest BCUT2D eigenvalue weighted by molar-refractivity contribution is 5.98. The van der Waals surface area contributed by atoms with Crippen molar-refractivity contribution >= 4 is 11.7 Å². The minimum Gasteiger partial charge on any atom is -0.383 e. The van der Waals surface area contributed by atoms with Gasteiger partial charge in [-0.05, 0) is 0 Å². The Hall–Kier alpha value is -1.60. The monoisotopic (exact) mass is 228 g/mol. The number of aryl methyl sites for hydroxylation is 1. The smallest absolute Gasteiger partial charge is 0.256 e. The van der Waals surface area contributed by atoms with Crippen LogP contribution in [0.4, 0.5) is 5.82 Å². The number of carbonyl (C=O) groups excluding carboxylic acids is 1. The van der Waals surface area contributed by atoms with E-state index in [0.29, 0.717) is 11.4 Å². The number of hydrogen-bond donors (Lipinski definition) is 2. The fraction of sp³-hybridized carbons (Fsp3) is 0.556. The molecule has 0 atom stereocenters. The summed E-state index contributed by atoms with van der Waals surface area (Å²) >= 11 is 0. The Bertz CT molecular complexity index is 360. The number of nitrogens with zero attached hydrogens (tertiary/aromatic N) is 2. The fourth-order valence-corrected chi connectivity index (χ4v) is 1.16. The molecule has 90 valence electrons. The maximum atomic E-state index is 11.7. The zero-order valence-electron chi connectivity index (χ0n) is 9.56. The number of rotatable bonds is 5. The molecule has 1 rings (SSSR count). The molecule has 16 heavy (non-hydrogen) atoms. The van der Waals surface area contributed by atoms with Crippen LogP contribution in [0.1, 0.15) is 10.4 Å². The molecule has 0 spiro atoms. The van der Waals surface area contributed by atoms with E-state index < -0.39 is 6.29 Å². The number of nitrogens with two attached hydrogens (primary N) is 1. The second kappa shape index (κ2) is 5.47. The SMILES string of the molecule is COC(CNC(=O)c1cnn(C)c1N)OC. The van der Waals surface area contributed by atoms with Crippen LogP contribution in [0, 0.1) is 0 Å². The topological polar surface area (TPSA) is 91.4 Å². The van der Waals surface area contributed by atoms with Gasteiger partial charge in [0.1, 0.15) is 11.4 Å². The largest absolute Gasteiger partial charge is 0.383 e. The van der Waals surface area contributed by atoms with Crippen molar-refractivity contribution in [3.8, 4) is 0 Å². The van der Waals surface area contributed by atoms with E-state index in [1.165, 1.54) is 25.1 Å². The number of ether oxygens (including phenoxy) is 2. The second-order valence-corrected chi connectivity index (χ2v) is 3.18. The molecule has 1 aromatic rings. The Balaban J connectivity index is 2.56. The molecular weight excluding hydrogens is 212 g/mol. The van der Waals surface area contributed by atoms with Crippen molar-refractivity contribution in [3.05, 3.63) is 11.8 Å². The maximum Gasteiger partial charge on any atom is 0.256 e.